The summed E-state index contributed by atoms with van der Waals surface area (Å²) in [5, 5.41) is 24.7. The van der Waals surface area contributed by atoms with E-state index >= 15 is 0 Å². The number of nitrogens with one attached hydrogen (secondary N) is 2. The summed E-state index contributed by atoms with van der Waals surface area (Å²) in [5.41, 5.74) is 1.66. The van der Waals surface area contributed by atoms with Gasteiger partial charge in [0.05, 0.1) is 28.2 Å². The summed E-state index contributed by atoms with van der Waals surface area (Å²) in [5.74, 6) is 5.61. The predicted octanol–water partition coefficient (Wildman–Crippen LogP) is 2.66. The van der Waals surface area contributed by atoms with Crippen molar-refractivity contribution in [1.29, 1.82) is 0 Å². The maximum atomic E-state index is 13.1. The molecule has 0 unspecified atom stereocenters. The highest BCUT2D eigenvalue weighted by molar-refractivity contribution is 6.41. The van der Waals surface area contributed by atoms with E-state index in [-0.39, 0.29) is 28.1 Å². The molecule has 1 atom stereocenters. The van der Waals surface area contributed by atoms with Crippen LogP contribution in [0.15, 0.2) is 36.4 Å². The summed E-state index contributed by atoms with van der Waals surface area (Å²) in [6, 6.07) is 9.05. The minimum absolute atomic E-state index is 0.0323. The summed E-state index contributed by atoms with van der Waals surface area (Å²) >= 11 is 13.0. The molecule has 1 aliphatic heterocycles. The summed E-state index contributed by atoms with van der Waals surface area (Å²) in [4.78, 5) is 41.7. The highest BCUT2D eigenvalue weighted by Crippen LogP contribution is 2.34. The second-order valence-corrected chi connectivity index (χ2v) is 10.5. The lowest BCUT2D eigenvalue weighted by Gasteiger charge is -2.29. The summed E-state index contributed by atoms with van der Waals surface area (Å²) in [6.45, 7) is 0.786. The van der Waals surface area contributed by atoms with Gasteiger partial charge in [0.25, 0.3) is 11.8 Å². The van der Waals surface area contributed by atoms with Crippen LogP contribution in [0.25, 0.3) is 0 Å². The fourth-order valence-corrected chi connectivity index (χ4v) is 4.94. The van der Waals surface area contributed by atoms with Gasteiger partial charge in [0.2, 0.25) is 0 Å². The highest BCUT2D eigenvalue weighted by Gasteiger charge is 2.31. The van der Waals surface area contributed by atoms with Gasteiger partial charge in [-0.3, -0.25) is 9.59 Å². The number of halogens is 2. The van der Waals surface area contributed by atoms with Gasteiger partial charge >= 0.3 is 6.03 Å². The molecular weight excluding hydrogens is 543 g/mol. The monoisotopic (exact) mass is 572 g/mol. The summed E-state index contributed by atoms with van der Waals surface area (Å²) < 4.78 is 0. The third kappa shape index (κ3) is 7.22. The molecule has 0 bridgehead atoms. The molecular formula is C28H30Cl2N4O5. The molecule has 0 saturated heterocycles. The van der Waals surface area contributed by atoms with Crippen LogP contribution in [0.3, 0.4) is 0 Å². The molecule has 0 radical (unpaired) electrons. The number of rotatable bonds is 8. The second kappa shape index (κ2) is 12.7. The summed E-state index contributed by atoms with van der Waals surface area (Å²) in [7, 11) is 1.60. The van der Waals surface area contributed by atoms with Gasteiger partial charge in [0.1, 0.15) is 0 Å². The molecule has 0 spiro atoms. The van der Waals surface area contributed by atoms with Crippen molar-refractivity contribution in [3.63, 3.8) is 0 Å². The Morgan fingerprint density at radius 1 is 1.21 bits per heavy atom. The van der Waals surface area contributed by atoms with Crippen LogP contribution in [0.4, 0.5) is 4.79 Å². The smallest absolute Gasteiger partial charge is 0.317 e. The van der Waals surface area contributed by atoms with E-state index in [4.69, 9.17) is 23.2 Å². The Kier molecular flexibility index (Phi) is 9.36. The SMILES string of the molecule is CN(Cc1ccccc1)C(=O)NC[C@H](NC(=O)c1c(Cl)cc2c(c1Cl)CCN(CC#CC1CC1)C2=O)C(O)O. The topological polar surface area (TPSA) is 122 Å². The highest BCUT2D eigenvalue weighted by atomic mass is 35.5. The number of amides is 4. The molecule has 0 aromatic heterocycles. The van der Waals surface area contributed by atoms with Crippen molar-refractivity contribution in [2.24, 2.45) is 5.92 Å². The first-order valence-electron chi connectivity index (χ1n) is 12.6. The maximum Gasteiger partial charge on any atom is 0.317 e. The lowest BCUT2D eigenvalue weighted by atomic mass is 9.95. The average Bonchev–Trinajstić information content (AvgIpc) is 3.73. The molecule has 4 amide bonds. The van der Waals surface area contributed by atoms with Crippen LogP contribution in [0.5, 0.6) is 0 Å². The Bertz CT molecular complexity index is 1300. The predicted molar refractivity (Wildman–Crippen MR) is 147 cm³/mol. The molecule has 1 fully saturated rings. The van der Waals surface area contributed by atoms with Crippen molar-refractivity contribution < 1.29 is 24.6 Å². The van der Waals surface area contributed by atoms with Gasteiger partial charge in [-0.2, -0.15) is 0 Å². The Morgan fingerprint density at radius 3 is 2.59 bits per heavy atom. The number of fused-ring (bicyclic) bond motifs is 1. The molecule has 2 aliphatic rings. The Balaban J connectivity index is 1.41. The zero-order valence-electron chi connectivity index (χ0n) is 21.4. The van der Waals surface area contributed by atoms with Gasteiger partial charge in [0.15, 0.2) is 6.29 Å². The lowest BCUT2D eigenvalue weighted by molar-refractivity contribution is -0.0638. The van der Waals surface area contributed by atoms with E-state index in [0.29, 0.717) is 43.1 Å². The van der Waals surface area contributed by atoms with E-state index in [1.807, 2.05) is 30.3 Å². The number of aliphatic hydroxyl groups is 2. The van der Waals surface area contributed by atoms with Crippen LogP contribution in [0, 0.1) is 17.8 Å². The first kappa shape index (κ1) is 28.7. The van der Waals surface area contributed by atoms with Crippen LogP contribution in [-0.4, -0.2) is 76.9 Å². The number of carbonyl (C=O) groups is 3. The Labute approximate surface area is 237 Å². The molecule has 1 aliphatic carbocycles. The van der Waals surface area contributed by atoms with Crippen LogP contribution < -0.4 is 10.6 Å². The molecule has 11 heteroatoms. The molecule has 1 saturated carbocycles. The molecule has 1 heterocycles. The minimum atomic E-state index is -1.98. The number of urea groups is 1. The number of aliphatic hydroxyl groups excluding tert-OH is 1. The second-order valence-electron chi connectivity index (χ2n) is 9.67. The minimum Gasteiger partial charge on any atom is -0.366 e. The fourth-order valence-electron chi connectivity index (χ4n) is 4.22. The molecule has 39 heavy (non-hydrogen) atoms. The molecule has 2 aromatic rings. The normalized spacial score (nSPS) is 15.2. The van der Waals surface area contributed by atoms with E-state index in [1.54, 1.807) is 11.9 Å². The maximum absolute atomic E-state index is 13.1. The Morgan fingerprint density at radius 2 is 1.92 bits per heavy atom. The van der Waals surface area contributed by atoms with Crippen molar-refractivity contribution >= 4 is 41.0 Å². The van der Waals surface area contributed by atoms with Gasteiger partial charge in [-0.15, -0.1) is 0 Å². The van der Waals surface area contributed by atoms with Crippen LogP contribution in [0.1, 0.15) is 44.7 Å². The van der Waals surface area contributed by atoms with Crippen molar-refractivity contribution in [3.05, 3.63) is 68.7 Å². The van der Waals surface area contributed by atoms with E-state index in [0.717, 1.165) is 18.4 Å². The zero-order chi connectivity index (χ0) is 28.1. The molecule has 4 N–H and O–H groups in total. The van der Waals surface area contributed by atoms with Crippen LogP contribution in [0.2, 0.25) is 10.0 Å². The molecule has 9 nitrogen and oxygen atoms in total. The standard InChI is InChI=1S/C28H30Cl2N4O5/c1-33(16-18-6-3-2-4-7-18)28(39)31-15-22(27(37)38)32-25(35)23-21(29)14-20-19(24(23)30)11-13-34(26(20)36)12-5-8-17-9-10-17/h2-4,6-7,14,17,22,27,37-38H,9-13,15-16H2,1H3,(H,31,39)(H,32,35)/t22-/m0/s1. The van der Waals surface area contributed by atoms with Crippen molar-refractivity contribution in [3.8, 4) is 11.8 Å². The third-order valence-corrected chi connectivity index (χ3v) is 7.32. The first-order chi connectivity index (χ1) is 18.7. The third-order valence-electron chi connectivity index (χ3n) is 6.61. The van der Waals surface area contributed by atoms with Crippen molar-refractivity contribution in [2.75, 3.05) is 26.7 Å². The number of hydrogen-bond acceptors (Lipinski definition) is 5. The van der Waals surface area contributed by atoms with Gasteiger partial charge in [0, 0.05) is 38.2 Å². The van der Waals surface area contributed by atoms with E-state index in [1.165, 1.54) is 11.0 Å². The van der Waals surface area contributed by atoms with Crippen molar-refractivity contribution in [1.82, 2.24) is 20.4 Å². The van der Waals surface area contributed by atoms with Gasteiger partial charge in [-0.25, -0.2) is 4.79 Å². The van der Waals surface area contributed by atoms with Crippen LogP contribution in [-0.2, 0) is 13.0 Å². The van der Waals surface area contributed by atoms with Crippen LogP contribution >= 0.6 is 23.2 Å². The number of nitrogens with zero attached hydrogens (tertiary/aromatic N) is 2. The van der Waals surface area contributed by atoms with E-state index in [9.17, 15) is 24.6 Å². The quantitative estimate of drug-likeness (QED) is 0.286. The van der Waals surface area contributed by atoms with Gasteiger partial charge in [-0.1, -0.05) is 65.4 Å². The van der Waals surface area contributed by atoms with Gasteiger partial charge < -0.3 is 30.6 Å². The average molecular weight is 573 g/mol. The molecule has 206 valence electrons. The number of hydrogen-bond donors (Lipinski definition) is 4. The zero-order valence-corrected chi connectivity index (χ0v) is 22.9. The van der Waals surface area contributed by atoms with Gasteiger partial charge in [-0.05, 0) is 36.5 Å². The van der Waals surface area contributed by atoms with Crippen molar-refractivity contribution in [2.45, 2.75) is 38.1 Å². The Hall–Kier alpha value is -3.29. The largest absolute Gasteiger partial charge is 0.366 e. The number of benzene rings is 2. The first-order valence-corrected chi connectivity index (χ1v) is 13.4. The molecule has 4 rings (SSSR count). The number of carbonyl (C=O) groups excluding carboxylic acids is 3. The lowest BCUT2D eigenvalue weighted by Crippen LogP contribution is -2.52. The van der Waals surface area contributed by atoms with E-state index in [2.05, 4.69) is 22.5 Å². The van der Waals surface area contributed by atoms with E-state index < -0.39 is 24.3 Å². The molecule has 2 aromatic carbocycles. The fraction of sp³-hybridized carbons (Fsp3) is 0.393. The summed E-state index contributed by atoms with van der Waals surface area (Å²) in [6.07, 6.45) is 0.645.